The largest absolute Gasteiger partial charge is 0.339 e. The van der Waals surface area contributed by atoms with Crippen LogP contribution in [0.15, 0.2) is 103 Å². The van der Waals surface area contributed by atoms with Crippen LogP contribution in [0.3, 0.4) is 0 Å². The first kappa shape index (κ1) is 27.1. The molecule has 0 radical (unpaired) electrons. The number of hydrogen-bond acceptors (Lipinski definition) is 3. The second-order valence-electron chi connectivity index (χ2n) is 10.3. The smallest absolute Gasteiger partial charge is 0.256 e. The number of amides is 2. The summed E-state index contributed by atoms with van der Waals surface area (Å²) in [5.74, 6) is -0.0470. The van der Waals surface area contributed by atoms with Crippen LogP contribution >= 0.6 is 0 Å². The quantitative estimate of drug-likeness (QED) is 0.254. The third kappa shape index (κ3) is 6.73. The topological polar surface area (TPSA) is 66.5 Å². The Balaban J connectivity index is 1.27. The van der Waals surface area contributed by atoms with Gasteiger partial charge in [0.1, 0.15) is 5.78 Å². The summed E-state index contributed by atoms with van der Waals surface area (Å²) in [6, 6.07) is 32.4. The van der Waals surface area contributed by atoms with Crippen molar-refractivity contribution in [2.45, 2.75) is 38.5 Å². The lowest BCUT2D eigenvalue weighted by Gasteiger charge is -2.27. The predicted molar refractivity (Wildman–Crippen MR) is 160 cm³/mol. The van der Waals surface area contributed by atoms with E-state index in [1.54, 1.807) is 6.07 Å². The van der Waals surface area contributed by atoms with Gasteiger partial charge in [0.15, 0.2) is 0 Å². The second-order valence-corrected chi connectivity index (χ2v) is 10.3. The third-order valence-electron chi connectivity index (χ3n) is 7.41. The molecule has 0 aliphatic carbocycles. The van der Waals surface area contributed by atoms with Gasteiger partial charge < -0.3 is 10.2 Å². The Morgan fingerprint density at radius 3 is 1.93 bits per heavy atom. The fourth-order valence-corrected chi connectivity index (χ4v) is 5.24. The number of ketones is 1. The molecule has 1 fully saturated rings. The Labute approximate surface area is 235 Å². The molecule has 0 atom stereocenters. The molecule has 1 aliphatic heterocycles. The molecule has 5 rings (SSSR count). The number of piperidine rings is 1. The van der Waals surface area contributed by atoms with Gasteiger partial charge >= 0.3 is 0 Å². The average Bonchev–Trinajstić information content (AvgIpc) is 3.01. The molecule has 1 aliphatic rings. The van der Waals surface area contributed by atoms with Gasteiger partial charge in [-0.2, -0.15) is 0 Å². The van der Waals surface area contributed by atoms with Crippen LogP contribution in [0.25, 0.3) is 11.1 Å². The summed E-state index contributed by atoms with van der Waals surface area (Å²) >= 11 is 0. The van der Waals surface area contributed by atoms with Crippen LogP contribution in [0, 0.1) is 0 Å². The lowest BCUT2D eigenvalue weighted by molar-refractivity contribution is -0.118. The first-order valence-corrected chi connectivity index (χ1v) is 14.0. The van der Waals surface area contributed by atoms with Gasteiger partial charge in [-0.25, -0.2) is 0 Å². The summed E-state index contributed by atoms with van der Waals surface area (Å²) in [5, 5.41) is 2.99. The molecule has 4 aromatic carbocycles. The van der Waals surface area contributed by atoms with Crippen molar-refractivity contribution in [1.29, 1.82) is 0 Å². The number of nitrogens with zero attached hydrogens (tertiary/aromatic N) is 1. The number of benzene rings is 4. The van der Waals surface area contributed by atoms with Crippen molar-refractivity contribution in [3.05, 3.63) is 125 Å². The minimum atomic E-state index is -0.248. The predicted octanol–water partition coefficient (Wildman–Crippen LogP) is 6.98. The number of rotatable bonds is 9. The summed E-state index contributed by atoms with van der Waals surface area (Å²) in [5.41, 5.74) is 5.33. The third-order valence-corrected chi connectivity index (χ3v) is 7.41. The monoisotopic (exact) mass is 530 g/mol. The zero-order valence-corrected chi connectivity index (χ0v) is 22.6. The van der Waals surface area contributed by atoms with Crippen LogP contribution in [0.1, 0.15) is 57.5 Å². The molecule has 1 N–H and O–H groups in total. The normalized spacial score (nSPS) is 13.1. The SMILES string of the molecule is O=C(CCc1ccccc1)Cc1ccc(NC(=O)c2ccccc2-c2ccccc2C(=O)N2CCCCC2)cc1. The van der Waals surface area contributed by atoms with E-state index in [0.717, 1.165) is 61.0 Å². The van der Waals surface area contributed by atoms with Gasteiger partial charge in [0.2, 0.25) is 0 Å². The highest BCUT2D eigenvalue weighted by Gasteiger charge is 2.23. The van der Waals surface area contributed by atoms with Crippen molar-refractivity contribution in [3.8, 4) is 11.1 Å². The second kappa shape index (κ2) is 13.0. The number of aryl methyl sites for hydroxylation is 1. The van der Waals surface area contributed by atoms with E-state index in [0.29, 0.717) is 29.7 Å². The maximum absolute atomic E-state index is 13.4. The van der Waals surface area contributed by atoms with Crippen LogP contribution in [0.5, 0.6) is 0 Å². The molecule has 0 aromatic heterocycles. The van der Waals surface area contributed by atoms with Gasteiger partial charge in [0.05, 0.1) is 0 Å². The molecular weight excluding hydrogens is 496 g/mol. The molecule has 1 saturated heterocycles. The summed E-state index contributed by atoms with van der Waals surface area (Å²) in [6.07, 6.45) is 4.80. The molecule has 5 heteroatoms. The molecule has 2 amide bonds. The van der Waals surface area contributed by atoms with Crippen LogP contribution < -0.4 is 5.32 Å². The minimum Gasteiger partial charge on any atom is -0.339 e. The lowest BCUT2D eigenvalue weighted by atomic mass is 9.94. The van der Waals surface area contributed by atoms with Gasteiger partial charge in [-0.3, -0.25) is 14.4 Å². The fraction of sp³-hybridized carbons (Fsp3) is 0.229. The lowest BCUT2D eigenvalue weighted by Crippen LogP contribution is -2.35. The molecule has 0 unspecified atom stereocenters. The highest BCUT2D eigenvalue weighted by atomic mass is 16.2. The molecule has 0 spiro atoms. The van der Waals surface area contributed by atoms with Crippen molar-refractivity contribution in [2.75, 3.05) is 18.4 Å². The van der Waals surface area contributed by atoms with E-state index >= 15 is 0 Å². The van der Waals surface area contributed by atoms with E-state index in [9.17, 15) is 14.4 Å². The zero-order valence-electron chi connectivity index (χ0n) is 22.6. The maximum atomic E-state index is 13.4. The van der Waals surface area contributed by atoms with Gasteiger partial charge in [-0.05, 0) is 72.2 Å². The van der Waals surface area contributed by atoms with Crippen molar-refractivity contribution in [2.24, 2.45) is 0 Å². The highest BCUT2D eigenvalue weighted by Crippen LogP contribution is 2.29. The first-order valence-electron chi connectivity index (χ1n) is 14.0. The summed E-state index contributed by atoms with van der Waals surface area (Å²) in [6.45, 7) is 1.54. The summed E-state index contributed by atoms with van der Waals surface area (Å²) in [7, 11) is 0. The average molecular weight is 531 g/mol. The Kier molecular flexibility index (Phi) is 8.82. The summed E-state index contributed by atoms with van der Waals surface area (Å²) in [4.78, 5) is 41.2. The van der Waals surface area contributed by atoms with Crippen molar-refractivity contribution in [1.82, 2.24) is 4.90 Å². The van der Waals surface area contributed by atoms with Gasteiger partial charge in [-0.15, -0.1) is 0 Å². The van der Waals surface area contributed by atoms with E-state index in [-0.39, 0.29) is 17.6 Å². The molecule has 1 heterocycles. The first-order chi connectivity index (χ1) is 19.6. The van der Waals surface area contributed by atoms with E-state index in [2.05, 4.69) is 5.32 Å². The van der Waals surface area contributed by atoms with E-state index in [1.165, 1.54) is 0 Å². The van der Waals surface area contributed by atoms with Crippen LogP contribution in [0.4, 0.5) is 5.69 Å². The van der Waals surface area contributed by atoms with Gasteiger partial charge in [-0.1, -0.05) is 78.9 Å². The molecule has 0 bridgehead atoms. The molecule has 5 nitrogen and oxygen atoms in total. The minimum absolute atomic E-state index is 0.0133. The number of anilines is 1. The summed E-state index contributed by atoms with van der Waals surface area (Å²) < 4.78 is 0. The zero-order chi connectivity index (χ0) is 27.7. The Bertz CT molecular complexity index is 1470. The molecule has 0 saturated carbocycles. The van der Waals surface area contributed by atoms with E-state index < -0.39 is 0 Å². The molecule has 202 valence electrons. The number of Topliss-reactive ketones (excluding diaryl/α,β-unsaturated/α-hetero) is 1. The van der Waals surface area contributed by atoms with E-state index in [4.69, 9.17) is 0 Å². The number of carbonyl (C=O) groups excluding carboxylic acids is 3. The van der Waals surface area contributed by atoms with Gasteiger partial charge in [0.25, 0.3) is 11.8 Å². The van der Waals surface area contributed by atoms with Crippen LogP contribution in [-0.4, -0.2) is 35.6 Å². The van der Waals surface area contributed by atoms with Crippen molar-refractivity contribution >= 4 is 23.3 Å². The maximum Gasteiger partial charge on any atom is 0.256 e. The molecular formula is C35H34N2O3. The number of hydrogen-bond donors (Lipinski definition) is 1. The number of nitrogens with one attached hydrogen (secondary N) is 1. The highest BCUT2D eigenvalue weighted by molar-refractivity contribution is 6.11. The standard InChI is InChI=1S/C35H34N2O3/c38-29(22-19-26-11-3-1-4-12-26)25-27-17-20-28(21-18-27)36-34(39)32-15-7-5-13-30(32)31-14-6-8-16-33(31)35(40)37-23-9-2-10-24-37/h1,3-8,11-18,20-21H,2,9-10,19,22-25H2,(H,36,39). The van der Waals surface area contributed by atoms with Gasteiger partial charge in [0, 0.05) is 42.7 Å². The fourth-order valence-electron chi connectivity index (χ4n) is 5.24. The number of likely N-dealkylation sites (tertiary alicyclic amines) is 1. The number of carbonyl (C=O) groups is 3. The molecule has 40 heavy (non-hydrogen) atoms. The van der Waals surface area contributed by atoms with Crippen molar-refractivity contribution < 1.29 is 14.4 Å². The van der Waals surface area contributed by atoms with E-state index in [1.807, 2.05) is 102 Å². The van der Waals surface area contributed by atoms with Crippen molar-refractivity contribution in [3.63, 3.8) is 0 Å². The van der Waals surface area contributed by atoms with Crippen LogP contribution in [-0.2, 0) is 17.6 Å². The Hall–Kier alpha value is -4.51. The Morgan fingerprint density at radius 2 is 1.23 bits per heavy atom. The Morgan fingerprint density at radius 1 is 0.625 bits per heavy atom. The van der Waals surface area contributed by atoms with Crippen LogP contribution in [0.2, 0.25) is 0 Å². The molecule has 4 aromatic rings.